The Labute approximate surface area is 114 Å². The van der Waals surface area contributed by atoms with Gasteiger partial charge in [-0.3, -0.25) is 0 Å². The van der Waals surface area contributed by atoms with Crippen LogP contribution in [0.2, 0.25) is 0 Å². The molecule has 1 rings (SSSR count). The molecule has 1 saturated heterocycles. The summed E-state index contributed by atoms with van der Waals surface area (Å²) in [5.74, 6) is 0.468. The minimum atomic E-state index is -0.503. The van der Waals surface area contributed by atoms with E-state index in [2.05, 4.69) is 4.90 Å². The van der Waals surface area contributed by atoms with Gasteiger partial charge in [0.05, 0.1) is 5.60 Å². The summed E-state index contributed by atoms with van der Waals surface area (Å²) in [4.78, 5) is 2.49. The molecule has 1 heterocycles. The normalized spacial score (nSPS) is 18.3. The molecule has 0 atom stereocenters. The van der Waals surface area contributed by atoms with Crippen molar-refractivity contribution in [1.82, 2.24) is 4.90 Å². The van der Waals surface area contributed by atoms with E-state index in [-0.39, 0.29) is 0 Å². The summed E-state index contributed by atoms with van der Waals surface area (Å²) < 4.78 is 5.33. The first-order chi connectivity index (χ1) is 8.54. The molecule has 0 spiro atoms. The molecule has 0 aromatic carbocycles. The average molecular weight is 259 g/mol. The Bertz CT molecular complexity index is 181. The van der Waals surface area contributed by atoms with E-state index in [1.165, 1.54) is 0 Å². The first-order valence-electron chi connectivity index (χ1n) is 7.56. The second kappa shape index (κ2) is 9.76. The Hall–Kier alpha value is -0.120. The third kappa shape index (κ3) is 7.34. The van der Waals surface area contributed by atoms with Crippen LogP contribution in [0, 0.1) is 5.92 Å². The Morgan fingerprint density at radius 2 is 1.78 bits per heavy atom. The quantitative estimate of drug-likeness (QED) is 0.745. The van der Waals surface area contributed by atoms with Crippen LogP contribution in [0.4, 0.5) is 0 Å². The summed E-state index contributed by atoms with van der Waals surface area (Å²) in [7, 11) is 0. The lowest BCUT2D eigenvalue weighted by Crippen LogP contribution is -2.42. The average Bonchev–Trinajstić information content (AvgIpc) is 2.37. The standard InChI is InChI=1S/C13H27NO2.C2H6/c1-4-16-11-5-8-14-9-6-12(7-10-14)13(2,3)15;1-2/h12,15H,4-11H2,1-3H3;1-2H3. The maximum absolute atomic E-state index is 9.94. The van der Waals surface area contributed by atoms with E-state index in [1.807, 2.05) is 34.6 Å². The molecule has 0 saturated carbocycles. The molecule has 0 radical (unpaired) electrons. The van der Waals surface area contributed by atoms with Gasteiger partial charge in [0.2, 0.25) is 0 Å². The predicted molar refractivity (Wildman–Crippen MR) is 77.9 cm³/mol. The van der Waals surface area contributed by atoms with E-state index in [0.29, 0.717) is 5.92 Å². The van der Waals surface area contributed by atoms with Gasteiger partial charge in [-0.15, -0.1) is 0 Å². The van der Waals surface area contributed by atoms with Gasteiger partial charge < -0.3 is 14.7 Å². The van der Waals surface area contributed by atoms with Crippen LogP contribution in [-0.2, 0) is 4.74 Å². The smallest absolute Gasteiger partial charge is 0.0620 e. The van der Waals surface area contributed by atoms with Crippen molar-refractivity contribution in [3.05, 3.63) is 0 Å². The van der Waals surface area contributed by atoms with Gasteiger partial charge >= 0.3 is 0 Å². The van der Waals surface area contributed by atoms with Gasteiger partial charge in [-0.2, -0.15) is 0 Å². The minimum Gasteiger partial charge on any atom is -0.390 e. The van der Waals surface area contributed by atoms with E-state index in [4.69, 9.17) is 4.74 Å². The molecule has 1 aliphatic heterocycles. The number of hydrogen-bond donors (Lipinski definition) is 1. The molecule has 3 heteroatoms. The number of rotatable bonds is 6. The number of hydrogen-bond acceptors (Lipinski definition) is 3. The summed E-state index contributed by atoms with van der Waals surface area (Å²) in [6, 6.07) is 0. The molecule has 0 bridgehead atoms. The zero-order valence-corrected chi connectivity index (χ0v) is 13.0. The molecular weight excluding hydrogens is 226 g/mol. The molecule has 0 aromatic rings. The predicted octanol–water partition coefficient (Wildman–Crippen LogP) is 2.92. The first-order valence-corrected chi connectivity index (χ1v) is 7.56. The van der Waals surface area contributed by atoms with Crippen LogP contribution in [0.3, 0.4) is 0 Å². The van der Waals surface area contributed by atoms with Gasteiger partial charge in [0.25, 0.3) is 0 Å². The first kappa shape index (κ1) is 17.9. The van der Waals surface area contributed by atoms with Crippen LogP contribution in [-0.4, -0.2) is 48.5 Å². The molecule has 0 amide bonds. The Balaban J connectivity index is 0.00000137. The van der Waals surface area contributed by atoms with Crippen molar-refractivity contribution in [2.45, 2.75) is 59.5 Å². The Morgan fingerprint density at radius 3 is 2.22 bits per heavy atom. The second-order valence-corrected chi connectivity index (χ2v) is 5.32. The molecular formula is C15H33NO2. The number of likely N-dealkylation sites (tertiary alicyclic amines) is 1. The van der Waals surface area contributed by atoms with E-state index in [9.17, 15) is 5.11 Å². The molecule has 1 aliphatic rings. The number of ether oxygens (including phenoxy) is 1. The Kier molecular flexibility index (Phi) is 9.70. The van der Waals surface area contributed by atoms with E-state index in [0.717, 1.165) is 52.1 Å². The lowest BCUT2D eigenvalue weighted by Gasteiger charge is -2.37. The number of nitrogens with zero attached hydrogens (tertiary/aromatic N) is 1. The summed E-state index contributed by atoms with van der Waals surface area (Å²) in [6.07, 6.45) is 3.37. The van der Waals surface area contributed by atoms with Gasteiger partial charge in [0.15, 0.2) is 0 Å². The van der Waals surface area contributed by atoms with Gasteiger partial charge in [-0.25, -0.2) is 0 Å². The van der Waals surface area contributed by atoms with Crippen LogP contribution < -0.4 is 0 Å². The lowest BCUT2D eigenvalue weighted by atomic mass is 9.83. The molecule has 0 aliphatic carbocycles. The van der Waals surface area contributed by atoms with Crippen molar-refractivity contribution in [1.29, 1.82) is 0 Å². The summed E-state index contributed by atoms with van der Waals surface area (Å²) in [5, 5.41) is 9.94. The Morgan fingerprint density at radius 1 is 1.22 bits per heavy atom. The van der Waals surface area contributed by atoms with Crippen LogP contribution in [0.1, 0.15) is 53.9 Å². The maximum Gasteiger partial charge on any atom is 0.0620 e. The van der Waals surface area contributed by atoms with E-state index < -0.39 is 5.60 Å². The highest BCUT2D eigenvalue weighted by Crippen LogP contribution is 2.27. The lowest BCUT2D eigenvalue weighted by molar-refractivity contribution is -0.0135. The van der Waals surface area contributed by atoms with Crippen LogP contribution in [0.25, 0.3) is 0 Å². The van der Waals surface area contributed by atoms with Gasteiger partial charge in [0, 0.05) is 19.8 Å². The number of piperidine rings is 1. The third-order valence-electron chi connectivity index (χ3n) is 3.55. The fourth-order valence-corrected chi connectivity index (χ4v) is 2.40. The van der Waals surface area contributed by atoms with Crippen molar-refractivity contribution < 1.29 is 9.84 Å². The maximum atomic E-state index is 9.94. The van der Waals surface area contributed by atoms with Crippen molar-refractivity contribution in [2.75, 3.05) is 32.8 Å². The highest BCUT2D eigenvalue weighted by Gasteiger charge is 2.30. The highest BCUT2D eigenvalue weighted by molar-refractivity contribution is 4.82. The van der Waals surface area contributed by atoms with Gasteiger partial charge in [-0.05, 0) is 59.0 Å². The van der Waals surface area contributed by atoms with Crippen LogP contribution in [0.15, 0.2) is 0 Å². The minimum absolute atomic E-state index is 0.468. The van der Waals surface area contributed by atoms with Crippen LogP contribution >= 0.6 is 0 Å². The highest BCUT2D eigenvalue weighted by atomic mass is 16.5. The van der Waals surface area contributed by atoms with E-state index in [1.54, 1.807) is 0 Å². The molecule has 0 unspecified atom stereocenters. The zero-order valence-electron chi connectivity index (χ0n) is 13.0. The van der Waals surface area contributed by atoms with Gasteiger partial charge in [-0.1, -0.05) is 13.8 Å². The SMILES string of the molecule is CC.CCOCCCN1CCC(C(C)(C)O)CC1. The second-order valence-electron chi connectivity index (χ2n) is 5.32. The van der Waals surface area contributed by atoms with Crippen molar-refractivity contribution >= 4 is 0 Å². The van der Waals surface area contributed by atoms with Crippen molar-refractivity contribution in [3.63, 3.8) is 0 Å². The molecule has 3 nitrogen and oxygen atoms in total. The van der Waals surface area contributed by atoms with Crippen LogP contribution in [0.5, 0.6) is 0 Å². The fraction of sp³-hybridized carbons (Fsp3) is 1.00. The van der Waals surface area contributed by atoms with E-state index >= 15 is 0 Å². The van der Waals surface area contributed by atoms with Gasteiger partial charge in [0.1, 0.15) is 0 Å². The number of aliphatic hydroxyl groups is 1. The summed E-state index contributed by atoms with van der Waals surface area (Å²) in [5.41, 5.74) is -0.503. The largest absolute Gasteiger partial charge is 0.390 e. The summed E-state index contributed by atoms with van der Waals surface area (Å²) >= 11 is 0. The third-order valence-corrected chi connectivity index (χ3v) is 3.55. The van der Waals surface area contributed by atoms with Crippen molar-refractivity contribution in [3.8, 4) is 0 Å². The zero-order chi connectivity index (χ0) is 14.0. The molecule has 1 fully saturated rings. The van der Waals surface area contributed by atoms with Crippen molar-refractivity contribution in [2.24, 2.45) is 5.92 Å². The monoisotopic (exact) mass is 259 g/mol. The molecule has 18 heavy (non-hydrogen) atoms. The molecule has 0 aromatic heterocycles. The fourth-order valence-electron chi connectivity index (χ4n) is 2.40. The summed E-state index contributed by atoms with van der Waals surface area (Å²) in [6.45, 7) is 15.0. The topological polar surface area (TPSA) is 32.7 Å². The molecule has 110 valence electrons. The molecule has 1 N–H and O–H groups in total.